The Labute approximate surface area is 319 Å². The third-order valence-electron chi connectivity index (χ3n) is 11.1. The van der Waals surface area contributed by atoms with Gasteiger partial charge in [0.05, 0.1) is 22.1 Å². The Kier molecular flexibility index (Phi) is 7.17. The minimum atomic E-state index is 1.09. The van der Waals surface area contributed by atoms with Crippen LogP contribution in [-0.2, 0) is 0 Å². The van der Waals surface area contributed by atoms with Crippen molar-refractivity contribution in [3.63, 3.8) is 0 Å². The Morgan fingerprint density at radius 2 is 0.782 bits per heavy atom. The lowest BCUT2D eigenvalue weighted by Crippen LogP contribution is -2.10. The molecule has 11 rings (SSSR count). The molecule has 11 aromatic rings. The van der Waals surface area contributed by atoms with Gasteiger partial charge in [0, 0.05) is 50.0 Å². The van der Waals surface area contributed by atoms with Crippen molar-refractivity contribution in [1.29, 1.82) is 0 Å². The SMILES string of the molecule is c1ccc(-c2ccc(N(c3ccc(-n4c5ccccc5c5c6ccccc6ccc54)cc3)c3ccc4c(c3)c3ccccc3n4-c3ccccc3)cc2)cc1. The average molecular weight is 702 g/mol. The second-order valence-electron chi connectivity index (χ2n) is 14.2. The number of aromatic nitrogens is 2. The molecule has 2 heterocycles. The summed E-state index contributed by atoms with van der Waals surface area (Å²) in [5.74, 6) is 0. The third-order valence-corrected chi connectivity index (χ3v) is 11.1. The maximum Gasteiger partial charge on any atom is 0.0547 e. The minimum Gasteiger partial charge on any atom is -0.310 e. The number of benzene rings is 9. The minimum absolute atomic E-state index is 1.09. The summed E-state index contributed by atoms with van der Waals surface area (Å²) in [6.07, 6.45) is 0. The van der Waals surface area contributed by atoms with Gasteiger partial charge in [-0.1, -0.05) is 127 Å². The molecule has 258 valence electrons. The van der Waals surface area contributed by atoms with Gasteiger partial charge in [-0.15, -0.1) is 0 Å². The van der Waals surface area contributed by atoms with Gasteiger partial charge in [0.1, 0.15) is 0 Å². The van der Waals surface area contributed by atoms with Crippen molar-refractivity contribution in [2.24, 2.45) is 0 Å². The Bertz CT molecular complexity index is 3170. The highest BCUT2D eigenvalue weighted by Crippen LogP contribution is 2.42. The molecule has 0 N–H and O–H groups in total. The van der Waals surface area contributed by atoms with E-state index in [1.165, 1.54) is 65.5 Å². The van der Waals surface area contributed by atoms with Crippen LogP contribution >= 0.6 is 0 Å². The van der Waals surface area contributed by atoms with Gasteiger partial charge < -0.3 is 14.0 Å². The van der Waals surface area contributed by atoms with Gasteiger partial charge in [0.25, 0.3) is 0 Å². The van der Waals surface area contributed by atoms with Crippen molar-refractivity contribution in [3.8, 4) is 22.5 Å². The first kappa shape index (κ1) is 31.2. The maximum absolute atomic E-state index is 2.41. The zero-order valence-corrected chi connectivity index (χ0v) is 30.0. The summed E-state index contributed by atoms with van der Waals surface area (Å²) in [6, 6.07) is 76.9. The molecule has 0 amide bonds. The van der Waals surface area contributed by atoms with Crippen LogP contribution in [0.2, 0.25) is 0 Å². The number of nitrogens with zero attached hydrogens (tertiary/aromatic N) is 3. The second-order valence-corrected chi connectivity index (χ2v) is 14.2. The van der Waals surface area contributed by atoms with Crippen molar-refractivity contribution in [2.75, 3.05) is 4.90 Å². The van der Waals surface area contributed by atoms with Crippen LogP contribution in [0.3, 0.4) is 0 Å². The number of hydrogen-bond acceptors (Lipinski definition) is 1. The number of fused-ring (bicyclic) bond motifs is 8. The van der Waals surface area contributed by atoms with Crippen LogP contribution in [0.15, 0.2) is 212 Å². The summed E-state index contributed by atoms with van der Waals surface area (Å²) in [5.41, 5.74) is 12.8. The van der Waals surface area contributed by atoms with Gasteiger partial charge in [-0.25, -0.2) is 0 Å². The van der Waals surface area contributed by atoms with Crippen molar-refractivity contribution in [2.45, 2.75) is 0 Å². The highest BCUT2D eigenvalue weighted by atomic mass is 15.1. The van der Waals surface area contributed by atoms with Gasteiger partial charge in [0.15, 0.2) is 0 Å². The molecule has 0 fully saturated rings. The first-order valence-electron chi connectivity index (χ1n) is 18.9. The van der Waals surface area contributed by atoms with E-state index < -0.39 is 0 Å². The van der Waals surface area contributed by atoms with E-state index in [-0.39, 0.29) is 0 Å². The largest absolute Gasteiger partial charge is 0.310 e. The number of para-hydroxylation sites is 3. The Morgan fingerprint density at radius 1 is 0.291 bits per heavy atom. The average Bonchev–Trinajstić information content (AvgIpc) is 3.78. The normalized spacial score (nSPS) is 11.6. The molecule has 0 aliphatic rings. The lowest BCUT2D eigenvalue weighted by Gasteiger charge is -2.26. The molecule has 0 radical (unpaired) electrons. The van der Waals surface area contributed by atoms with Gasteiger partial charge in [0.2, 0.25) is 0 Å². The summed E-state index contributed by atoms with van der Waals surface area (Å²) in [6.45, 7) is 0. The Morgan fingerprint density at radius 3 is 1.53 bits per heavy atom. The quantitative estimate of drug-likeness (QED) is 0.168. The Hall–Kier alpha value is -7.36. The van der Waals surface area contributed by atoms with E-state index in [1.54, 1.807) is 0 Å². The van der Waals surface area contributed by atoms with Gasteiger partial charge in [-0.3, -0.25) is 0 Å². The van der Waals surface area contributed by atoms with E-state index in [4.69, 9.17) is 0 Å². The van der Waals surface area contributed by atoms with Crippen LogP contribution in [0.4, 0.5) is 17.1 Å². The predicted octanol–water partition coefficient (Wildman–Crippen LogP) is 14.2. The van der Waals surface area contributed by atoms with Crippen LogP contribution in [-0.4, -0.2) is 9.13 Å². The predicted molar refractivity (Wildman–Crippen MR) is 233 cm³/mol. The maximum atomic E-state index is 2.41. The summed E-state index contributed by atoms with van der Waals surface area (Å²) < 4.78 is 4.78. The standard InChI is InChI=1S/C52H35N3/c1-3-13-36(14-4-1)37-23-26-40(27-24-37)53(43-32-34-50-47(35-43)45-19-9-11-21-48(45)54(50)39-16-5-2-6-17-39)41-28-30-42(31-29-41)55-49-22-12-10-20-46(49)52-44-18-8-7-15-38(44)25-33-51(52)55/h1-35H. The third kappa shape index (κ3) is 5.05. The molecule has 0 saturated heterocycles. The van der Waals surface area contributed by atoms with Crippen molar-refractivity contribution in [3.05, 3.63) is 212 Å². The molecule has 2 aromatic heterocycles. The molecule has 9 aromatic carbocycles. The van der Waals surface area contributed by atoms with Gasteiger partial charge in [-0.2, -0.15) is 0 Å². The van der Waals surface area contributed by atoms with Crippen LogP contribution in [0.25, 0.3) is 76.9 Å². The first-order valence-corrected chi connectivity index (χ1v) is 18.9. The lowest BCUT2D eigenvalue weighted by molar-refractivity contribution is 1.17. The van der Waals surface area contributed by atoms with Crippen molar-refractivity contribution >= 4 is 71.4 Å². The van der Waals surface area contributed by atoms with E-state index in [0.29, 0.717) is 0 Å². The highest BCUT2D eigenvalue weighted by molar-refractivity contribution is 6.21. The van der Waals surface area contributed by atoms with Gasteiger partial charge >= 0.3 is 0 Å². The second kappa shape index (κ2) is 12.6. The number of hydrogen-bond donors (Lipinski definition) is 0. The first-order chi connectivity index (χ1) is 27.3. The molecular formula is C52H35N3. The van der Waals surface area contributed by atoms with Crippen molar-refractivity contribution < 1.29 is 0 Å². The smallest absolute Gasteiger partial charge is 0.0547 e. The summed E-state index contributed by atoms with van der Waals surface area (Å²) >= 11 is 0. The molecule has 0 aliphatic carbocycles. The molecule has 0 aliphatic heterocycles. The fourth-order valence-electron chi connectivity index (χ4n) is 8.60. The molecule has 0 atom stereocenters. The zero-order chi connectivity index (χ0) is 36.3. The van der Waals surface area contributed by atoms with Crippen molar-refractivity contribution in [1.82, 2.24) is 9.13 Å². The topological polar surface area (TPSA) is 13.1 Å². The zero-order valence-electron chi connectivity index (χ0n) is 30.0. The van der Waals surface area contributed by atoms with Crippen LogP contribution in [0.1, 0.15) is 0 Å². The molecule has 0 bridgehead atoms. The molecule has 3 nitrogen and oxygen atoms in total. The summed E-state index contributed by atoms with van der Waals surface area (Å²) in [7, 11) is 0. The fourth-order valence-corrected chi connectivity index (χ4v) is 8.60. The Balaban J connectivity index is 1.09. The van der Waals surface area contributed by atoms with Gasteiger partial charge in [-0.05, 0) is 107 Å². The number of anilines is 3. The number of rotatable bonds is 6. The summed E-state index contributed by atoms with van der Waals surface area (Å²) in [4.78, 5) is 2.38. The van der Waals surface area contributed by atoms with E-state index in [0.717, 1.165) is 28.4 Å². The molecular weight excluding hydrogens is 667 g/mol. The monoisotopic (exact) mass is 701 g/mol. The highest BCUT2D eigenvalue weighted by Gasteiger charge is 2.19. The molecule has 55 heavy (non-hydrogen) atoms. The molecule has 0 spiro atoms. The van der Waals surface area contributed by atoms with E-state index in [1.807, 2.05) is 0 Å². The fraction of sp³-hybridized carbons (Fsp3) is 0. The molecule has 0 saturated carbocycles. The summed E-state index contributed by atoms with van der Waals surface area (Å²) in [5, 5.41) is 7.54. The van der Waals surface area contributed by atoms with E-state index >= 15 is 0 Å². The van der Waals surface area contributed by atoms with Crippen LogP contribution < -0.4 is 4.90 Å². The molecule has 0 unspecified atom stereocenters. The lowest BCUT2D eigenvalue weighted by atomic mass is 10.0. The van der Waals surface area contributed by atoms with E-state index in [2.05, 4.69) is 226 Å². The van der Waals surface area contributed by atoms with Crippen LogP contribution in [0.5, 0.6) is 0 Å². The van der Waals surface area contributed by atoms with Crippen LogP contribution in [0, 0.1) is 0 Å². The molecule has 3 heteroatoms. The van der Waals surface area contributed by atoms with E-state index in [9.17, 15) is 0 Å².